The monoisotopic (exact) mass is 500 g/mol. The summed E-state index contributed by atoms with van der Waals surface area (Å²) < 4.78 is 20.4. The average molecular weight is 501 g/mol. The van der Waals surface area contributed by atoms with Gasteiger partial charge in [-0.05, 0) is 52.7 Å². The van der Waals surface area contributed by atoms with Crippen molar-refractivity contribution in [1.82, 2.24) is 5.32 Å². The van der Waals surface area contributed by atoms with Gasteiger partial charge in [-0.2, -0.15) is 0 Å². The predicted octanol–water partition coefficient (Wildman–Crippen LogP) is 5.88. The molecular weight excluding hydrogens is 483 g/mol. The van der Waals surface area contributed by atoms with Crippen LogP contribution in [-0.2, 0) is 16.2 Å². The van der Waals surface area contributed by atoms with Gasteiger partial charge in [0.1, 0.15) is 23.7 Å². The van der Waals surface area contributed by atoms with Crippen LogP contribution in [0.25, 0.3) is 16.8 Å². The van der Waals surface area contributed by atoms with Gasteiger partial charge in [0.2, 0.25) is 0 Å². The van der Waals surface area contributed by atoms with Crippen LogP contribution in [0.3, 0.4) is 0 Å². The zero-order chi connectivity index (χ0) is 25.2. The minimum atomic E-state index is -1.04. The molecule has 6 nitrogen and oxygen atoms in total. The van der Waals surface area contributed by atoms with Gasteiger partial charge in [-0.1, -0.05) is 66.2 Å². The highest BCUT2D eigenvalue weighted by Gasteiger charge is 2.38. The number of carbonyl (C=O) groups excluding carboxylic acids is 3. The molecule has 0 unspecified atom stereocenters. The number of imide groups is 2. The topological polar surface area (TPSA) is 75.7 Å². The molecule has 4 aromatic carbocycles. The Morgan fingerprint density at radius 2 is 1.67 bits per heavy atom. The van der Waals surface area contributed by atoms with Crippen molar-refractivity contribution in [3.63, 3.8) is 0 Å². The summed E-state index contributed by atoms with van der Waals surface area (Å²) in [4.78, 5) is 38.7. The van der Waals surface area contributed by atoms with Crippen molar-refractivity contribution in [2.24, 2.45) is 0 Å². The van der Waals surface area contributed by atoms with Gasteiger partial charge in [0.05, 0.1) is 5.69 Å². The molecule has 4 amide bonds. The lowest BCUT2D eigenvalue weighted by atomic mass is 10.0. The zero-order valence-corrected chi connectivity index (χ0v) is 19.5. The second-order valence-corrected chi connectivity index (χ2v) is 8.45. The second kappa shape index (κ2) is 9.64. The first kappa shape index (κ1) is 23.3. The van der Waals surface area contributed by atoms with Crippen molar-refractivity contribution in [3.8, 4) is 5.75 Å². The largest absolute Gasteiger partial charge is 0.488 e. The van der Waals surface area contributed by atoms with E-state index in [0.717, 1.165) is 22.4 Å². The number of para-hydroxylation sites is 1. The maximum Gasteiger partial charge on any atom is 0.336 e. The summed E-state index contributed by atoms with van der Waals surface area (Å²) >= 11 is 6.19. The number of rotatable bonds is 5. The van der Waals surface area contributed by atoms with E-state index in [2.05, 4.69) is 5.32 Å². The number of nitrogens with zero attached hydrogens (tertiary/aromatic N) is 1. The van der Waals surface area contributed by atoms with Gasteiger partial charge >= 0.3 is 6.03 Å². The van der Waals surface area contributed by atoms with E-state index in [1.165, 1.54) is 30.3 Å². The number of anilines is 1. The lowest BCUT2D eigenvalue weighted by Gasteiger charge is -2.26. The molecule has 1 heterocycles. The molecule has 0 spiro atoms. The molecule has 0 aromatic heterocycles. The molecule has 0 radical (unpaired) electrons. The van der Waals surface area contributed by atoms with E-state index < -0.39 is 23.7 Å². The molecule has 1 aliphatic heterocycles. The van der Waals surface area contributed by atoms with Gasteiger partial charge < -0.3 is 4.74 Å². The van der Waals surface area contributed by atoms with Gasteiger partial charge in [0.15, 0.2) is 0 Å². The molecule has 0 aliphatic carbocycles. The highest BCUT2D eigenvalue weighted by atomic mass is 35.5. The van der Waals surface area contributed by atoms with E-state index >= 15 is 0 Å². The van der Waals surface area contributed by atoms with Crippen LogP contribution < -0.4 is 15.0 Å². The molecular formula is C28H18ClFN2O4. The van der Waals surface area contributed by atoms with Crippen LogP contribution in [0.5, 0.6) is 5.75 Å². The van der Waals surface area contributed by atoms with Crippen LogP contribution in [0.1, 0.15) is 11.1 Å². The van der Waals surface area contributed by atoms with E-state index in [9.17, 15) is 18.8 Å². The number of fused-ring (bicyclic) bond motifs is 1. The van der Waals surface area contributed by atoms with Gasteiger partial charge in [0, 0.05) is 10.6 Å². The SMILES string of the molecule is O=C1NC(=O)N(c2ccccc2F)C(=O)/C1=C\c1cc(Cl)ccc1OCc1cccc2ccccc12. The van der Waals surface area contributed by atoms with Gasteiger partial charge in [-0.25, -0.2) is 14.1 Å². The third kappa shape index (κ3) is 4.44. The quantitative estimate of drug-likeness (QED) is 0.274. The number of barbiturate groups is 1. The maximum absolute atomic E-state index is 14.3. The Labute approximate surface area is 210 Å². The fraction of sp³-hybridized carbons (Fsp3) is 0.0357. The van der Waals surface area contributed by atoms with Crippen molar-refractivity contribution in [1.29, 1.82) is 0 Å². The number of carbonyl (C=O) groups is 3. The van der Waals surface area contributed by atoms with Crippen molar-refractivity contribution >= 4 is 52.0 Å². The molecule has 0 atom stereocenters. The first-order valence-corrected chi connectivity index (χ1v) is 11.3. The molecule has 1 N–H and O–H groups in total. The molecule has 5 rings (SSSR count). The standard InChI is InChI=1S/C28H18ClFN2O4/c29-20-12-13-25(36-16-18-8-5-7-17-6-1-2-9-21(17)18)19(14-20)15-22-26(33)31-28(35)32(27(22)34)24-11-4-3-10-23(24)30/h1-15H,16H2,(H,31,33,35)/b22-15-. The smallest absolute Gasteiger partial charge is 0.336 e. The number of hydrogen-bond donors (Lipinski definition) is 1. The second-order valence-electron chi connectivity index (χ2n) is 8.02. The fourth-order valence-corrected chi connectivity index (χ4v) is 4.18. The number of urea groups is 1. The predicted molar refractivity (Wildman–Crippen MR) is 135 cm³/mol. The summed E-state index contributed by atoms with van der Waals surface area (Å²) in [6.45, 7) is 0.221. The molecule has 36 heavy (non-hydrogen) atoms. The van der Waals surface area contributed by atoms with E-state index in [1.54, 1.807) is 12.1 Å². The Morgan fingerprint density at radius 1 is 0.917 bits per heavy atom. The van der Waals surface area contributed by atoms with Crippen molar-refractivity contribution in [2.45, 2.75) is 6.61 Å². The Hall–Kier alpha value is -4.49. The Balaban J connectivity index is 1.49. The highest BCUT2D eigenvalue weighted by molar-refractivity contribution is 6.39. The van der Waals surface area contributed by atoms with E-state index in [1.807, 2.05) is 42.5 Å². The molecule has 0 bridgehead atoms. The maximum atomic E-state index is 14.3. The number of halogens is 2. The number of hydrogen-bond acceptors (Lipinski definition) is 4. The molecule has 1 fully saturated rings. The van der Waals surface area contributed by atoms with Gasteiger partial charge in [-0.3, -0.25) is 14.9 Å². The summed E-state index contributed by atoms with van der Waals surface area (Å²) in [6, 6.07) is 22.9. The Bertz CT molecular complexity index is 1560. The van der Waals surface area contributed by atoms with Crippen LogP contribution >= 0.6 is 11.6 Å². The molecule has 1 saturated heterocycles. The van der Waals surface area contributed by atoms with E-state index in [-0.39, 0.29) is 17.9 Å². The Morgan fingerprint density at radius 3 is 2.50 bits per heavy atom. The van der Waals surface area contributed by atoms with Crippen molar-refractivity contribution in [3.05, 3.63) is 112 Å². The van der Waals surface area contributed by atoms with Crippen LogP contribution in [0, 0.1) is 5.82 Å². The summed E-state index contributed by atoms with van der Waals surface area (Å²) in [5, 5.41) is 4.54. The number of nitrogens with one attached hydrogen (secondary N) is 1. The zero-order valence-electron chi connectivity index (χ0n) is 18.7. The van der Waals surface area contributed by atoms with Crippen LogP contribution in [0.15, 0.2) is 90.5 Å². The number of ether oxygens (including phenoxy) is 1. The van der Waals surface area contributed by atoms with Gasteiger partial charge in [-0.15, -0.1) is 0 Å². The lowest BCUT2D eigenvalue weighted by Crippen LogP contribution is -2.54. The van der Waals surface area contributed by atoms with Crippen LogP contribution in [-0.4, -0.2) is 17.8 Å². The van der Waals surface area contributed by atoms with Crippen molar-refractivity contribution < 1.29 is 23.5 Å². The van der Waals surface area contributed by atoms with Crippen LogP contribution in [0.2, 0.25) is 5.02 Å². The number of amides is 4. The molecule has 4 aromatic rings. The van der Waals surface area contributed by atoms with Crippen LogP contribution in [0.4, 0.5) is 14.9 Å². The third-order valence-corrected chi connectivity index (χ3v) is 5.96. The minimum Gasteiger partial charge on any atom is -0.488 e. The summed E-state index contributed by atoms with van der Waals surface area (Å²) in [5.74, 6) is -2.28. The van der Waals surface area contributed by atoms with E-state index in [4.69, 9.17) is 16.3 Å². The Kier molecular flexibility index (Phi) is 6.23. The molecule has 0 saturated carbocycles. The minimum absolute atomic E-state index is 0.221. The number of benzene rings is 4. The molecule has 1 aliphatic rings. The highest BCUT2D eigenvalue weighted by Crippen LogP contribution is 2.30. The van der Waals surface area contributed by atoms with E-state index in [0.29, 0.717) is 21.2 Å². The van der Waals surface area contributed by atoms with Crippen molar-refractivity contribution in [2.75, 3.05) is 4.90 Å². The molecule has 178 valence electrons. The third-order valence-electron chi connectivity index (χ3n) is 5.73. The summed E-state index contributed by atoms with van der Waals surface area (Å²) in [6.07, 6.45) is 1.28. The molecule has 8 heteroatoms. The first-order valence-electron chi connectivity index (χ1n) is 11.0. The fourth-order valence-electron chi connectivity index (χ4n) is 4.00. The summed E-state index contributed by atoms with van der Waals surface area (Å²) in [5.41, 5.74) is 0.667. The average Bonchev–Trinajstić information content (AvgIpc) is 2.87. The summed E-state index contributed by atoms with van der Waals surface area (Å²) in [7, 11) is 0. The lowest BCUT2D eigenvalue weighted by molar-refractivity contribution is -0.122. The first-order chi connectivity index (χ1) is 17.4. The normalized spacial score (nSPS) is 14.9. The van der Waals surface area contributed by atoms with Gasteiger partial charge in [0.25, 0.3) is 11.8 Å².